The molecule has 3 aromatic rings. The lowest BCUT2D eigenvalue weighted by atomic mass is 9.90. The normalized spacial score (nSPS) is 20.2. The molecule has 4 heterocycles. The number of benzene rings is 1. The van der Waals surface area contributed by atoms with Crippen molar-refractivity contribution in [3.05, 3.63) is 81.5 Å². The van der Waals surface area contributed by atoms with Gasteiger partial charge in [0.25, 0.3) is 11.8 Å². The third-order valence-electron chi connectivity index (χ3n) is 5.74. The highest BCUT2D eigenvalue weighted by Gasteiger charge is 2.60. The highest BCUT2D eigenvalue weighted by Crippen LogP contribution is 2.50. The molecule has 0 N–H and O–H groups in total. The Labute approximate surface area is 171 Å². The smallest absolute Gasteiger partial charge is 0.261 e. The van der Waals surface area contributed by atoms with E-state index in [1.807, 2.05) is 12.1 Å². The molecule has 0 spiro atoms. The topological polar surface area (TPSA) is 79.5 Å². The van der Waals surface area contributed by atoms with Crippen LogP contribution in [0.5, 0.6) is 0 Å². The average Bonchev–Trinajstić information content (AvgIpc) is 3.35. The fourth-order valence-corrected chi connectivity index (χ4v) is 4.66. The summed E-state index contributed by atoms with van der Waals surface area (Å²) in [6.07, 6.45) is 3.26. The van der Waals surface area contributed by atoms with Crippen LogP contribution in [-0.4, -0.2) is 44.8 Å². The lowest BCUT2D eigenvalue weighted by Gasteiger charge is -2.40. The fraction of sp³-hybridized carbons (Fsp3) is 0.238. The minimum Gasteiger partial charge on any atom is -0.361 e. The Morgan fingerprint density at radius 3 is 2.62 bits per heavy atom. The molecule has 2 aromatic heterocycles. The summed E-state index contributed by atoms with van der Waals surface area (Å²) in [5.41, 5.74) is 1.87. The van der Waals surface area contributed by atoms with E-state index in [0.717, 1.165) is 5.56 Å². The van der Waals surface area contributed by atoms with Gasteiger partial charge in [-0.05, 0) is 32.0 Å². The molecule has 5 rings (SSSR count). The predicted molar refractivity (Wildman–Crippen MR) is 105 cm³/mol. The molecular formula is C21H17ClN4O3. The largest absolute Gasteiger partial charge is 0.361 e. The average molecular weight is 409 g/mol. The number of carbonyl (C=O) groups is 2. The first-order valence-electron chi connectivity index (χ1n) is 9.23. The summed E-state index contributed by atoms with van der Waals surface area (Å²) in [6.45, 7) is 4.24. The van der Waals surface area contributed by atoms with Gasteiger partial charge in [0, 0.05) is 41.6 Å². The van der Waals surface area contributed by atoms with Crippen molar-refractivity contribution in [2.45, 2.75) is 19.5 Å². The van der Waals surface area contributed by atoms with Crippen LogP contribution >= 0.6 is 11.6 Å². The first-order valence-corrected chi connectivity index (χ1v) is 9.61. The van der Waals surface area contributed by atoms with E-state index in [9.17, 15) is 9.59 Å². The number of nitrogens with zero attached hydrogens (tertiary/aromatic N) is 4. The van der Waals surface area contributed by atoms with Crippen LogP contribution in [-0.2, 0) is 5.66 Å². The quantitative estimate of drug-likeness (QED) is 0.650. The monoisotopic (exact) mass is 408 g/mol. The number of amides is 2. The molecule has 0 saturated carbocycles. The van der Waals surface area contributed by atoms with Gasteiger partial charge in [0.2, 0.25) is 0 Å². The Bertz CT molecular complexity index is 1140. The van der Waals surface area contributed by atoms with Crippen molar-refractivity contribution < 1.29 is 14.1 Å². The lowest BCUT2D eigenvalue weighted by Crippen LogP contribution is -2.51. The molecule has 0 aliphatic carbocycles. The molecule has 0 radical (unpaired) electrons. The third-order valence-corrected chi connectivity index (χ3v) is 5.99. The van der Waals surface area contributed by atoms with E-state index in [-0.39, 0.29) is 11.8 Å². The maximum atomic E-state index is 13.7. The van der Waals surface area contributed by atoms with Crippen LogP contribution in [0.4, 0.5) is 0 Å². The Kier molecular flexibility index (Phi) is 3.79. The van der Waals surface area contributed by atoms with Crippen molar-refractivity contribution in [3.8, 4) is 0 Å². The summed E-state index contributed by atoms with van der Waals surface area (Å²) < 4.78 is 5.22. The van der Waals surface area contributed by atoms with Crippen LogP contribution in [0.25, 0.3) is 0 Å². The van der Waals surface area contributed by atoms with Crippen molar-refractivity contribution >= 4 is 23.4 Å². The van der Waals surface area contributed by atoms with Crippen LogP contribution in [0.3, 0.4) is 0 Å². The maximum absolute atomic E-state index is 13.7. The molecule has 1 atom stereocenters. The van der Waals surface area contributed by atoms with E-state index in [4.69, 9.17) is 16.1 Å². The molecular weight excluding hydrogens is 392 g/mol. The van der Waals surface area contributed by atoms with Crippen LogP contribution < -0.4 is 0 Å². The van der Waals surface area contributed by atoms with Gasteiger partial charge in [-0.15, -0.1) is 0 Å². The molecule has 146 valence electrons. The lowest BCUT2D eigenvalue weighted by molar-refractivity contribution is 0.0373. The van der Waals surface area contributed by atoms with Crippen molar-refractivity contribution in [1.29, 1.82) is 0 Å². The summed E-state index contributed by atoms with van der Waals surface area (Å²) in [7, 11) is 0. The molecule has 1 aromatic carbocycles. The zero-order valence-corrected chi connectivity index (χ0v) is 16.6. The van der Waals surface area contributed by atoms with E-state index < -0.39 is 5.66 Å². The number of aromatic nitrogens is 2. The van der Waals surface area contributed by atoms with Gasteiger partial charge in [0.1, 0.15) is 11.3 Å². The van der Waals surface area contributed by atoms with Gasteiger partial charge in [-0.2, -0.15) is 0 Å². The molecule has 2 aliphatic heterocycles. The Morgan fingerprint density at radius 2 is 1.93 bits per heavy atom. The summed E-state index contributed by atoms with van der Waals surface area (Å²) in [5.74, 6) is 0.0996. The number of pyridine rings is 1. The van der Waals surface area contributed by atoms with Crippen LogP contribution in [0.2, 0.25) is 5.02 Å². The second-order valence-corrected chi connectivity index (χ2v) is 7.65. The number of aryl methyl sites for hydroxylation is 2. The van der Waals surface area contributed by atoms with E-state index in [0.29, 0.717) is 46.3 Å². The molecule has 2 aliphatic rings. The number of fused-ring (bicyclic) bond motifs is 3. The van der Waals surface area contributed by atoms with Crippen molar-refractivity contribution in [2.75, 3.05) is 13.1 Å². The SMILES string of the molecule is Cc1noc(C)c1C(=O)N1CCN2C(=O)c3ccncc3C21c1ccc(Cl)cc1. The number of hydrogen-bond acceptors (Lipinski definition) is 5. The third kappa shape index (κ3) is 2.25. The molecule has 1 fully saturated rings. The van der Waals surface area contributed by atoms with Gasteiger partial charge in [-0.1, -0.05) is 28.9 Å². The van der Waals surface area contributed by atoms with E-state index in [1.54, 1.807) is 54.2 Å². The van der Waals surface area contributed by atoms with Crippen molar-refractivity contribution in [1.82, 2.24) is 19.9 Å². The van der Waals surface area contributed by atoms with E-state index in [1.165, 1.54) is 0 Å². The van der Waals surface area contributed by atoms with Gasteiger partial charge >= 0.3 is 0 Å². The Hall–Kier alpha value is -3.19. The van der Waals surface area contributed by atoms with Crippen molar-refractivity contribution in [2.24, 2.45) is 0 Å². The summed E-state index contributed by atoms with van der Waals surface area (Å²) >= 11 is 6.12. The molecule has 7 nitrogen and oxygen atoms in total. The van der Waals surface area contributed by atoms with Gasteiger partial charge < -0.3 is 14.3 Å². The summed E-state index contributed by atoms with van der Waals surface area (Å²) in [6, 6.07) is 8.93. The number of carbonyl (C=O) groups excluding carboxylic acids is 2. The zero-order valence-electron chi connectivity index (χ0n) is 15.8. The molecule has 8 heteroatoms. The van der Waals surface area contributed by atoms with Gasteiger partial charge in [0.15, 0.2) is 5.66 Å². The molecule has 1 saturated heterocycles. The van der Waals surface area contributed by atoms with Gasteiger partial charge in [-0.3, -0.25) is 14.6 Å². The highest BCUT2D eigenvalue weighted by molar-refractivity contribution is 6.30. The number of rotatable bonds is 2. The first kappa shape index (κ1) is 17.9. The Balaban J connectivity index is 1.78. The van der Waals surface area contributed by atoms with Crippen molar-refractivity contribution in [3.63, 3.8) is 0 Å². The zero-order chi connectivity index (χ0) is 20.3. The van der Waals surface area contributed by atoms with Crippen LogP contribution in [0, 0.1) is 13.8 Å². The maximum Gasteiger partial charge on any atom is 0.261 e. The predicted octanol–water partition coefficient (Wildman–Crippen LogP) is 3.15. The molecule has 1 unspecified atom stereocenters. The Morgan fingerprint density at radius 1 is 1.17 bits per heavy atom. The number of halogens is 1. The van der Waals surface area contributed by atoms with Crippen LogP contribution in [0.1, 0.15) is 43.3 Å². The standard InChI is InChI=1S/C21H17ClN4O3/c1-12-18(13(2)29-24-12)20(28)26-10-9-25-19(27)16-7-8-23-11-17(16)21(25,26)14-3-5-15(22)6-4-14/h3-8,11H,9-10H2,1-2H3. The highest BCUT2D eigenvalue weighted by atomic mass is 35.5. The van der Waals surface area contributed by atoms with Gasteiger partial charge in [-0.25, -0.2) is 0 Å². The number of hydrogen-bond donors (Lipinski definition) is 0. The summed E-state index contributed by atoms with van der Waals surface area (Å²) in [5, 5.41) is 4.51. The molecule has 29 heavy (non-hydrogen) atoms. The molecule has 2 amide bonds. The second kappa shape index (κ2) is 6.15. The minimum absolute atomic E-state index is 0.119. The van der Waals surface area contributed by atoms with E-state index in [2.05, 4.69) is 10.1 Å². The van der Waals surface area contributed by atoms with Gasteiger partial charge in [0.05, 0.1) is 11.3 Å². The second-order valence-electron chi connectivity index (χ2n) is 7.21. The van der Waals surface area contributed by atoms with Crippen LogP contribution in [0.15, 0.2) is 47.2 Å². The van der Waals surface area contributed by atoms with E-state index >= 15 is 0 Å². The summed E-state index contributed by atoms with van der Waals surface area (Å²) in [4.78, 5) is 34.6. The minimum atomic E-state index is -1.08. The molecule has 0 bridgehead atoms. The fourth-order valence-electron chi connectivity index (χ4n) is 4.53. The first-order chi connectivity index (χ1) is 14.0.